The molecule has 16 heavy (non-hydrogen) atoms. The van der Waals surface area contributed by atoms with E-state index in [1.807, 2.05) is 13.8 Å². The van der Waals surface area contributed by atoms with Crippen LogP contribution in [0.3, 0.4) is 0 Å². The summed E-state index contributed by atoms with van der Waals surface area (Å²) in [5.41, 5.74) is -0.795. The summed E-state index contributed by atoms with van der Waals surface area (Å²) in [6.07, 6.45) is 1.77. The Morgan fingerprint density at radius 2 is 1.69 bits per heavy atom. The fourth-order valence-corrected chi connectivity index (χ4v) is 1.53. The lowest BCUT2D eigenvalue weighted by molar-refractivity contribution is -0.150. The summed E-state index contributed by atoms with van der Waals surface area (Å²) in [4.78, 5) is 21.8. The van der Waals surface area contributed by atoms with Gasteiger partial charge in [0.2, 0.25) is 0 Å². The topological polar surface area (TPSA) is 74.6 Å². The molecule has 4 nitrogen and oxygen atoms in total. The van der Waals surface area contributed by atoms with Crippen molar-refractivity contribution in [2.24, 2.45) is 17.3 Å². The van der Waals surface area contributed by atoms with E-state index in [1.54, 1.807) is 13.8 Å². The van der Waals surface area contributed by atoms with Crippen LogP contribution >= 0.6 is 0 Å². The van der Waals surface area contributed by atoms with Crippen LogP contribution in [-0.4, -0.2) is 22.2 Å². The van der Waals surface area contributed by atoms with Crippen molar-refractivity contribution in [3.8, 4) is 0 Å². The predicted octanol–water partition coefficient (Wildman–Crippen LogP) is 2.62. The lowest BCUT2D eigenvalue weighted by Crippen LogP contribution is -2.31. The van der Waals surface area contributed by atoms with Crippen LogP contribution in [0.1, 0.15) is 47.0 Å². The fourth-order valence-electron chi connectivity index (χ4n) is 1.53. The Bertz CT molecular complexity index is 258. The zero-order valence-corrected chi connectivity index (χ0v) is 10.5. The number of carboxylic acid groups (broad SMARTS) is 2. The van der Waals surface area contributed by atoms with E-state index in [4.69, 9.17) is 10.2 Å². The van der Waals surface area contributed by atoms with Crippen LogP contribution in [0, 0.1) is 17.3 Å². The molecule has 2 atom stereocenters. The smallest absolute Gasteiger partial charge is 0.309 e. The average molecular weight is 230 g/mol. The van der Waals surface area contributed by atoms with E-state index in [2.05, 4.69) is 0 Å². The fraction of sp³-hybridized carbons (Fsp3) is 0.833. The normalized spacial score (nSPS) is 15.5. The first-order valence-electron chi connectivity index (χ1n) is 5.69. The van der Waals surface area contributed by atoms with Crippen molar-refractivity contribution in [2.75, 3.05) is 0 Å². The Morgan fingerprint density at radius 1 is 1.19 bits per heavy atom. The highest BCUT2D eigenvalue weighted by Gasteiger charge is 2.34. The minimum atomic E-state index is -0.830. The molecule has 0 saturated carbocycles. The zero-order chi connectivity index (χ0) is 12.9. The molecule has 0 aromatic rings. The molecule has 0 spiro atoms. The van der Waals surface area contributed by atoms with E-state index >= 15 is 0 Å². The molecule has 2 unspecified atom stereocenters. The van der Waals surface area contributed by atoms with Crippen molar-refractivity contribution in [2.45, 2.75) is 47.0 Å². The highest BCUT2D eigenvalue weighted by Crippen LogP contribution is 2.31. The van der Waals surface area contributed by atoms with Crippen LogP contribution in [0.4, 0.5) is 0 Å². The van der Waals surface area contributed by atoms with Crippen LogP contribution in [0.15, 0.2) is 0 Å². The number of aliphatic carboxylic acids is 2. The second-order valence-corrected chi connectivity index (χ2v) is 4.95. The number of hydrogen-bond acceptors (Lipinski definition) is 2. The first-order chi connectivity index (χ1) is 7.23. The van der Waals surface area contributed by atoms with Gasteiger partial charge >= 0.3 is 11.9 Å². The molecule has 0 amide bonds. The summed E-state index contributed by atoms with van der Waals surface area (Å²) in [6.45, 7) is 7.07. The molecule has 0 aliphatic rings. The molecule has 4 heteroatoms. The summed E-state index contributed by atoms with van der Waals surface area (Å²) < 4.78 is 0. The molecule has 0 aliphatic carbocycles. The Balaban J connectivity index is 4.31. The number of carboxylic acids is 2. The van der Waals surface area contributed by atoms with Gasteiger partial charge in [-0.1, -0.05) is 13.8 Å². The lowest BCUT2D eigenvalue weighted by atomic mass is 9.76. The molecule has 0 aliphatic heterocycles. The first-order valence-corrected chi connectivity index (χ1v) is 5.69. The maximum atomic E-state index is 11.0. The van der Waals surface area contributed by atoms with Gasteiger partial charge in [-0.05, 0) is 39.0 Å². The molecule has 0 aromatic heterocycles. The average Bonchev–Trinajstić information content (AvgIpc) is 2.17. The molecular formula is C12H22O4. The van der Waals surface area contributed by atoms with Gasteiger partial charge in [0.1, 0.15) is 0 Å². The predicted molar refractivity (Wildman–Crippen MR) is 61.2 cm³/mol. The van der Waals surface area contributed by atoms with E-state index < -0.39 is 17.4 Å². The third-order valence-electron chi connectivity index (χ3n) is 3.57. The Labute approximate surface area is 96.7 Å². The standard InChI is InChI=1S/C12H22O4/c1-5-9(10(13)14)7-6-8(2)12(3,4)11(15)16/h8-9H,5-7H2,1-4H3,(H,13,14)(H,15,16). The van der Waals surface area contributed by atoms with Gasteiger partial charge in [0.15, 0.2) is 0 Å². The van der Waals surface area contributed by atoms with Crippen LogP contribution in [0.2, 0.25) is 0 Å². The van der Waals surface area contributed by atoms with Crippen LogP contribution in [0.5, 0.6) is 0 Å². The second-order valence-electron chi connectivity index (χ2n) is 4.95. The molecule has 0 bridgehead atoms. The van der Waals surface area contributed by atoms with Crippen molar-refractivity contribution < 1.29 is 19.8 Å². The largest absolute Gasteiger partial charge is 0.481 e. The van der Waals surface area contributed by atoms with Gasteiger partial charge in [-0.15, -0.1) is 0 Å². The molecule has 0 rings (SSSR count). The van der Waals surface area contributed by atoms with E-state index in [-0.39, 0.29) is 11.8 Å². The van der Waals surface area contributed by atoms with E-state index in [1.165, 1.54) is 0 Å². The number of hydrogen-bond donors (Lipinski definition) is 2. The SMILES string of the molecule is CCC(CCC(C)C(C)(C)C(=O)O)C(=O)O. The molecule has 94 valence electrons. The van der Waals surface area contributed by atoms with Gasteiger partial charge in [-0.3, -0.25) is 9.59 Å². The summed E-state index contributed by atoms with van der Waals surface area (Å²) in [5, 5.41) is 17.9. The minimum absolute atomic E-state index is 0.0293. The number of carbonyl (C=O) groups is 2. The highest BCUT2D eigenvalue weighted by molar-refractivity contribution is 5.74. The van der Waals surface area contributed by atoms with E-state index in [0.717, 1.165) is 0 Å². The summed E-state index contributed by atoms with van der Waals surface area (Å²) in [6, 6.07) is 0. The second kappa shape index (κ2) is 5.87. The molecule has 0 heterocycles. The van der Waals surface area contributed by atoms with Crippen molar-refractivity contribution in [1.82, 2.24) is 0 Å². The van der Waals surface area contributed by atoms with Gasteiger partial charge < -0.3 is 10.2 Å². The Morgan fingerprint density at radius 3 is 2.00 bits per heavy atom. The molecule has 0 fully saturated rings. The zero-order valence-electron chi connectivity index (χ0n) is 10.5. The van der Waals surface area contributed by atoms with Crippen molar-refractivity contribution in [3.05, 3.63) is 0 Å². The van der Waals surface area contributed by atoms with Gasteiger partial charge in [-0.2, -0.15) is 0 Å². The van der Waals surface area contributed by atoms with Crippen LogP contribution in [-0.2, 0) is 9.59 Å². The molecule has 2 N–H and O–H groups in total. The van der Waals surface area contributed by atoms with Crippen LogP contribution < -0.4 is 0 Å². The summed E-state index contributed by atoms with van der Waals surface area (Å²) in [7, 11) is 0. The van der Waals surface area contributed by atoms with Gasteiger partial charge in [0.05, 0.1) is 11.3 Å². The van der Waals surface area contributed by atoms with Crippen molar-refractivity contribution in [3.63, 3.8) is 0 Å². The van der Waals surface area contributed by atoms with Gasteiger partial charge in [0.25, 0.3) is 0 Å². The third kappa shape index (κ3) is 3.83. The lowest BCUT2D eigenvalue weighted by Gasteiger charge is -2.27. The summed E-state index contributed by atoms with van der Waals surface area (Å²) >= 11 is 0. The molecule has 0 saturated heterocycles. The maximum absolute atomic E-state index is 11.0. The highest BCUT2D eigenvalue weighted by atomic mass is 16.4. The number of rotatable bonds is 7. The van der Waals surface area contributed by atoms with E-state index in [9.17, 15) is 9.59 Å². The van der Waals surface area contributed by atoms with E-state index in [0.29, 0.717) is 19.3 Å². The first kappa shape index (κ1) is 14.9. The van der Waals surface area contributed by atoms with Crippen molar-refractivity contribution >= 4 is 11.9 Å². The molecule has 0 aromatic carbocycles. The van der Waals surface area contributed by atoms with Gasteiger partial charge in [0, 0.05) is 0 Å². The Hall–Kier alpha value is -1.06. The minimum Gasteiger partial charge on any atom is -0.481 e. The van der Waals surface area contributed by atoms with Crippen molar-refractivity contribution in [1.29, 1.82) is 0 Å². The monoisotopic (exact) mass is 230 g/mol. The quantitative estimate of drug-likeness (QED) is 0.705. The third-order valence-corrected chi connectivity index (χ3v) is 3.57. The van der Waals surface area contributed by atoms with Gasteiger partial charge in [-0.25, -0.2) is 0 Å². The summed E-state index contributed by atoms with van der Waals surface area (Å²) in [5.74, 6) is -2.00. The Kier molecular flexibility index (Phi) is 5.48. The maximum Gasteiger partial charge on any atom is 0.309 e. The molecular weight excluding hydrogens is 208 g/mol. The molecule has 0 radical (unpaired) electrons. The van der Waals surface area contributed by atoms with Crippen LogP contribution in [0.25, 0.3) is 0 Å².